The van der Waals surface area contributed by atoms with E-state index in [0.29, 0.717) is 0 Å². The number of nitrogens with zero attached hydrogens (tertiary/aromatic N) is 1. The zero-order valence-electron chi connectivity index (χ0n) is 17.3. The van der Waals surface area contributed by atoms with Crippen molar-refractivity contribution in [3.8, 4) is 0 Å². The molecule has 2 aromatic rings. The van der Waals surface area contributed by atoms with E-state index in [-0.39, 0.29) is 17.9 Å². The highest BCUT2D eigenvalue weighted by atomic mass is 35.5. The number of aryl methyl sites for hydroxylation is 2. The van der Waals surface area contributed by atoms with E-state index in [9.17, 15) is 4.79 Å². The summed E-state index contributed by atoms with van der Waals surface area (Å²) in [6, 6.07) is 14.9. The number of carbonyl (C=O) groups excluding carboxylic acids is 1. The normalized spacial score (nSPS) is 18.8. The molecule has 1 amide bonds. The maximum Gasteiger partial charge on any atom is 0.223 e. The van der Waals surface area contributed by atoms with Gasteiger partial charge in [-0.05, 0) is 92.9 Å². The zero-order chi connectivity index (χ0) is 20.2. The lowest BCUT2D eigenvalue weighted by molar-refractivity contribution is -0.127. The standard InChI is InChI=1S/C25H31ClN2O/c1-18(22-9-8-20-4-2-3-5-23(20)16-22)27-25(29)21-12-14-28(15-13-21)17-19-6-10-24(26)11-7-19/h6-11,16,18,21H,2-5,12-15,17H2,1H3,(H,27,29)/t18-/m0/s1. The highest BCUT2D eigenvalue weighted by Gasteiger charge is 2.26. The molecule has 0 spiro atoms. The second-order valence-corrected chi connectivity index (χ2v) is 9.08. The molecule has 29 heavy (non-hydrogen) atoms. The molecule has 0 bridgehead atoms. The quantitative estimate of drug-likeness (QED) is 0.724. The number of nitrogens with one attached hydrogen (secondary N) is 1. The maximum absolute atomic E-state index is 12.8. The van der Waals surface area contributed by atoms with Gasteiger partial charge < -0.3 is 5.32 Å². The second kappa shape index (κ2) is 9.32. The predicted molar refractivity (Wildman–Crippen MR) is 119 cm³/mol. The summed E-state index contributed by atoms with van der Waals surface area (Å²) in [6.07, 6.45) is 6.81. The third-order valence-corrected chi connectivity index (χ3v) is 6.76. The van der Waals surface area contributed by atoms with E-state index in [1.54, 1.807) is 0 Å². The predicted octanol–water partition coefficient (Wildman–Crippen LogP) is 5.31. The summed E-state index contributed by atoms with van der Waals surface area (Å²) >= 11 is 5.97. The molecule has 4 rings (SSSR count). The topological polar surface area (TPSA) is 32.3 Å². The van der Waals surface area contributed by atoms with Gasteiger partial charge in [0.05, 0.1) is 6.04 Å². The van der Waals surface area contributed by atoms with Crippen molar-refractivity contribution >= 4 is 17.5 Å². The first-order valence-electron chi connectivity index (χ1n) is 11.0. The van der Waals surface area contributed by atoms with Crippen LogP contribution in [0.25, 0.3) is 0 Å². The number of rotatable bonds is 5. The fourth-order valence-electron chi connectivity index (χ4n) is 4.64. The lowest BCUT2D eigenvalue weighted by atomic mass is 9.89. The van der Waals surface area contributed by atoms with Gasteiger partial charge in [0.25, 0.3) is 0 Å². The summed E-state index contributed by atoms with van der Waals surface area (Å²) in [4.78, 5) is 15.3. The molecule has 154 valence electrons. The minimum atomic E-state index is 0.0711. The number of piperidine rings is 1. The van der Waals surface area contributed by atoms with E-state index >= 15 is 0 Å². The van der Waals surface area contributed by atoms with E-state index in [0.717, 1.165) is 37.5 Å². The van der Waals surface area contributed by atoms with Crippen LogP contribution < -0.4 is 5.32 Å². The second-order valence-electron chi connectivity index (χ2n) is 8.64. The lowest BCUT2D eigenvalue weighted by Gasteiger charge is -2.32. The van der Waals surface area contributed by atoms with Gasteiger partial charge in [0.2, 0.25) is 5.91 Å². The molecular weight excluding hydrogens is 380 g/mol. The third kappa shape index (κ3) is 5.21. The molecule has 2 aliphatic rings. The summed E-state index contributed by atoms with van der Waals surface area (Å²) in [5, 5.41) is 4.05. The number of amides is 1. The average Bonchev–Trinajstić information content (AvgIpc) is 2.75. The Morgan fingerprint density at radius 1 is 1.07 bits per heavy atom. The van der Waals surface area contributed by atoms with Gasteiger partial charge in [0.1, 0.15) is 0 Å². The van der Waals surface area contributed by atoms with Crippen molar-refractivity contribution in [2.75, 3.05) is 13.1 Å². The van der Waals surface area contributed by atoms with Crippen LogP contribution in [0.2, 0.25) is 5.02 Å². The molecule has 1 heterocycles. The van der Waals surface area contributed by atoms with Crippen molar-refractivity contribution in [2.24, 2.45) is 5.92 Å². The van der Waals surface area contributed by atoms with Gasteiger partial charge >= 0.3 is 0 Å². The van der Waals surface area contributed by atoms with Crippen molar-refractivity contribution in [2.45, 2.75) is 58.0 Å². The van der Waals surface area contributed by atoms with Crippen LogP contribution in [0.15, 0.2) is 42.5 Å². The van der Waals surface area contributed by atoms with Gasteiger partial charge in [-0.1, -0.05) is 41.9 Å². The Labute approximate surface area is 179 Å². The molecule has 1 aliphatic heterocycles. The van der Waals surface area contributed by atoms with Crippen LogP contribution in [0.4, 0.5) is 0 Å². The number of fused-ring (bicyclic) bond motifs is 1. The van der Waals surface area contributed by atoms with Crippen LogP contribution in [0.3, 0.4) is 0 Å². The Morgan fingerprint density at radius 3 is 2.48 bits per heavy atom. The molecule has 4 heteroatoms. The molecule has 3 nitrogen and oxygen atoms in total. The largest absolute Gasteiger partial charge is 0.349 e. The summed E-state index contributed by atoms with van der Waals surface area (Å²) in [6.45, 7) is 4.97. The van der Waals surface area contributed by atoms with Gasteiger partial charge in [-0.2, -0.15) is 0 Å². The van der Waals surface area contributed by atoms with E-state index in [1.165, 1.54) is 47.9 Å². The molecule has 2 aromatic carbocycles. The number of carbonyl (C=O) groups is 1. The minimum absolute atomic E-state index is 0.0711. The van der Waals surface area contributed by atoms with E-state index in [4.69, 9.17) is 11.6 Å². The van der Waals surface area contributed by atoms with Gasteiger partial charge in [0, 0.05) is 17.5 Å². The lowest BCUT2D eigenvalue weighted by Crippen LogP contribution is -2.40. The first-order chi connectivity index (χ1) is 14.1. The van der Waals surface area contributed by atoms with Crippen LogP contribution in [-0.2, 0) is 24.2 Å². The van der Waals surface area contributed by atoms with Crippen molar-refractivity contribution in [3.05, 3.63) is 69.7 Å². The van der Waals surface area contributed by atoms with Gasteiger partial charge in [-0.3, -0.25) is 9.69 Å². The number of likely N-dealkylation sites (tertiary alicyclic amines) is 1. The fraction of sp³-hybridized carbons (Fsp3) is 0.480. The van der Waals surface area contributed by atoms with Gasteiger partial charge in [-0.15, -0.1) is 0 Å². The minimum Gasteiger partial charge on any atom is -0.349 e. The zero-order valence-corrected chi connectivity index (χ0v) is 18.0. The van der Waals surface area contributed by atoms with Crippen LogP contribution in [0.1, 0.15) is 60.9 Å². The van der Waals surface area contributed by atoms with Crippen LogP contribution in [0, 0.1) is 5.92 Å². The van der Waals surface area contributed by atoms with E-state index in [2.05, 4.69) is 47.5 Å². The number of benzene rings is 2. The molecule has 0 aromatic heterocycles. The molecule has 0 unspecified atom stereocenters. The molecule has 0 radical (unpaired) electrons. The van der Waals surface area contributed by atoms with Crippen molar-refractivity contribution in [1.29, 1.82) is 0 Å². The van der Waals surface area contributed by atoms with Crippen molar-refractivity contribution < 1.29 is 4.79 Å². The first kappa shape index (κ1) is 20.4. The van der Waals surface area contributed by atoms with Gasteiger partial charge in [-0.25, -0.2) is 0 Å². The smallest absolute Gasteiger partial charge is 0.223 e. The number of hydrogen-bond acceptors (Lipinski definition) is 2. The summed E-state index contributed by atoms with van der Waals surface area (Å²) < 4.78 is 0. The SMILES string of the molecule is C[C@H](NC(=O)C1CCN(Cc2ccc(Cl)cc2)CC1)c1ccc2c(c1)CCCC2. The number of hydrogen-bond donors (Lipinski definition) is 1. The molecule has 1 aliphatic carbocycles. The average molecular weight is 411 g/mol. The first-order valence-corrected chi connectivity index (χ1v) is 11.3. The van der Waals surface area contributed by atoms with E-state index < -0.39 is 0 Å². The maximum atomic E-state index is 12.8. The molecule has 0 saturated carbocycles. The highest BCUT2D eigenvalue weighted by molar-refractivity contribution is 6.30. The highest BCUT2D eigenvalue weighted by Crippen LogP contribution is 2.26. The molecule has 1 fully saturated rings. The van der Waals surface area contributed by atoms with Crippen LogP contribution in [-0.4, -0.2) is 23.9 Å². The summed E-state index contributed by atoms with van der Waals surface area (Å²) in [5.74, 6) is 0.331. The monoisotopic (exact) mass is 410 g/mol. The Morgan fingerprint density at radius 2 is 1.76 bits per heavy atom. The third-order valence-electron chi connectivity index (χ3n) is 6.51. The fourth-order valence-corrected chi connectivity index (χ4v) is 4.76. The Kier molecular flexibility index (Phi) is 6.56. The van der Waals surface area contributed by atoms with Gasteiger partial charge in [0.15, 0.2) is 0 Å². The molecule has 1 atom stereocenters. The van der Waals surface area contributed by atoms with Crippen LogP contribution >= 0.6 is 11.6 Å². The number of halogens is 1. The summed E-state index contributed by atoms with van der Waals surface area (Å²) in [5.41, 5.74) is 5.48. The summed E-state index contributed by atoms with van der Waals surface area (Å²) in [7, 11) is 0. The molecule has 1 saturated heterocycles. The molecule has 1 N–H and O–H groups in total. The molecular formula is C25H31ClN2O. The van der Waals surface area contributed by atoms with Crippen LogP contribution in [0.5, 0.6) is 0 Å². The van der Waals surface area contributed by atoms with Crippen molar-refractivity contribution in [3.63, 3.8) is 0 Å². The van der Waals surface area contributed by atoms with Crippen molar-refractivity contribution in [1.82, 2.24) is 10.2 Å². The Bertz CT molecular complexity index is 840. The van der Waals surface area contributed by atoms with E-state index in [1.807, 2.05) is 12.1 Å². The Balaban J connectivity index is 1.27. The Hall–Kier alpha value is -1.84.